The number of likely N-dealkylation sites (N-methyl/N-ethyl adjacent to an activating group) is 1. The van der Waals surface area contributed by atoms with E-state index in [2.05, 4.69) is 0 Å². The average molecular weight is 347 g/mol. The van der Waals surface area contributed by atoms with Crippen LogP contribution < -0.4 is 11.2 Å². The molecule has 134 valence electrons. The first-order valence-corrected chi connectivity index (χ1v) is 7.93. The molecule has 0 spiro atoms. The molecule has 0 bridgehead atoms. The van der Waals surface area contributed by atoms with Crippen molar-refractivity contribution in [3.63, 3.8) is 0 Å². The van der Waals surface area contributed by atoms with Crippen LogP contribution in [0.5, 0.6) is 0 Å². The Bertz CT molecular complexity index is 894. The fourth-order valence-electron chi connectivity index (χ4n) is 2.72. The maximum Gasteiger partial charge on any atom is 0.331 e. The molecule has 0 unspecified atom stereocenters. The lowest BCUT2D eigenvalue weighted by molar-refractivity contribution is -0.904. The van der Waals surface area contributed by atoms with E-state index < -0.39 is 4.92 Å². The highest BCUT2D eigenvalue weighted by molar-refractivity contribution is 5.32. The fourth-order valence-corrected chi connectivity index (χ4v) is 2.72. The normalized spacial score (nSPS) is 11.5. The molecule has 1 aromatic heterocycles. The molecule has 2 rings (SSSR count). The van der Waals surface area contributed by atoms with E-state index in [1.807, 2.05) is 14.1 Å². The highest BCUT2D eigenvalue weighted by Crippen LogP contribution is 2.15. The molecule has 8 nitrogen and oxygen atoms in total. The van der Waals surface area contributed by atoms with E-state index in [0.29, 0.717) is 29.8 Å². The van der Waals surface area contributed by atoms with Gasteiger partial charge in [-0.05, 0) is 19.1 Å². The Morgan fingerprint density at radius 1 is 1.16 bits per heavy atom. The van der Waals surface area contributed by atoms with Crippen LogP contribution in [-0.2, 0) is 20.1 Å². The number of nitrogens with zero attached hydrogens (tertiary/aromatic N) is 4. The predicted molar refractivity (Wildman–Crippen MR) is 94.5 cm³/mol. The van der Waals surface area contributed by atoms with Gasteiger partial charge in [-0.3, -0.25) is 24.0 Å². The molecule has 0 saturated heterocycles. The van der Waals surface area contributed by atoms with Gasteiger partial charge in [-0.2, -0.15) is 0 Å². The summed E-state index contributed by atoms with van der Waals surface area (Å²) in [7, 11) is 5.53. The van der Waals surface area contributed by atoms with Gasteiger partial charge in [-0.15, -0.1) is 0 Å². The van der Waals surface area contributed by atoms with Crippen LogP contribution >= 0.6 is 0 Å². The molecule has 0 N–H and O–H groups in total. The number of non-ortho nitro benzene ring substituents is 1. The standard InChI is InChI=1S/C17H23N4O4/c1-13-11-16(22)18(2)17(23)19(13)9-10-21(3,4)12-14-5-7-15(8-6-14)20(24)25/h5-8,11H,9-10,12H2,1-4H3/q+1. The van der Waals surface area contributed by atoms with E-state index in [0.717, 1.165) is 10.1 Å². The zero-order valence-corrected chi connectivity index (χ0v) is 14.9. The smallest absolute Gasteiger partial charge is 0.323 e. The molecular weight excluding hydrogens is 324 g/mol. The number of quaternary nitrogens is 1. The van der Waals surface area contributed by atoms with Gasteiger partial charge in [0.1, 0.15) is 6.54 Å². The summed E-state index contributed by atoms with van der Waals surface area (Å²) in [4.78, 5) is 34.2. The molecule has 25 heavy (non-hydrogen) atoms. The van der Waals surface area contributed by atoms with Crippen molar-refractivity contribution in [3.8, 4) is 0 Å². The Balaban J connectivity index is 2.12. The minimum Gasteiger partial charge on any atom is -0.323 e. The number of nitro groups is 1. The Hall–Kier alpha value is -2.74. The summed E-state index contributed by atoms with van der Waals surface area (Å²) in [6.45, 7) is 3.59. The van der Waals surface area contributed by atoms with Gasteiger partial charge in [0.2, 0.25) is 0 Å². The maximum atomic E-state index is 12.2. The summed E-state index contributed by atoms with van der Waals surface area (Å²) in [5.74, 6) is 0. The zero-order valence-electron chi connectivity index (χ0n) is 14.9. The van der Waals surface area contributed by atoms with Crippen molar-refractivity contribution in [1.29, 1.82) is 0 Å². The summed E-state index contributed by atoms with van der Waals surface area (Å²) in [5.41, 5.74) is 1.07. The molecule has 0 aliphatic carbocycles. The zero-order chi connectivity index (χ0) is 18.8. The van der Waals surface area contributed by atoms with E-state index in [1.165, 1.54) is 25.2 Å². The molecular formula is C17H23N4O4+. The van der Waals surface area contributed by atoms with Crippen LogP contribution in [0.25, 0.3) is 0 Å². The topological polar surface area (TPSA) is 87.1 Å². The summed E-state index contributed by atoms with van der Waals surface area (Å²) >= 11 is 0. The molecule has 8 heteroatoms. The molecule has 0 atom stereocenters. The molecule has 0 radical (unpaired) electrons. The van der Waals surface area contributed by atoms with Crippen molar-refractivity contribution in [2.24, 2.45) is 7.05 Å². The van der Waals surface area contributed by atoms with Crippen molar-refractivity contribution in [2.75, 3.05) is 20.6 Å². The number of benzene rings is 1. The van der Waals surface area contributed by atoms with Crippen LogP contribution in [0.3, 0.4) is 0 Å². The molecule has 2 aromatic rings. The molecule has 0 aliphatic rings. The second kappa shape index (κ2) is 7.02. The Labute approximate surface area is 145 Å². The van der Waals surface area contributed by atoms with Gasteiger partial charge in [0.05, 0.1) is 32.1 Å². The van der Waals surface area contributed by atoms with Gasteiger partial charge in [-0.1, -0.05) is 0 Å². The predicted octanol–water partition coefficient (Wildman–Crippen LogP) is 1.04. The first-order chi connectivity index (χ1) is 11.6. The van der Waals surface area contributed by atoms with Crippen molar-refractivity contribution in [1.82, 2.24) is 9.13 Å². The van der Waals surface area contributed by atoms with Crippen LogP contribution in [0.1, 0.15) is 11.3 Å². The molecule has 1 aromatic carbocycles. The van der Waals surface area contributed by atoms with Gasteiger partial charge >= 0.3 is 5.69 Å². The summed E-state index contributed by atoms with van der Waals surface area (Å²) in [6, 6.07) is 7.95. The third-order valence-electron chi connectivity index (χ3n) is 4.29. The summed E-state index contributed by atoms with van der Waals surface area (Å²) in [6.07, 6.45) is 0. The first-order valence-electron chi connectivity index (χ1n) is 7.93. The number of hydrogen-bond donors (Lipinski definition) is 0. The van der Waals surface area contributed by atoms with E-state index in [4.69, 9.17) is 0 Å². The lowest BCUT2D eigenvalue weighted by Crippen LogP contribution is -2.45. The van der Waals surface area contributed by atoms with E-state index in [-0.39, 0.29) is 16.9 Å². The van der Waals surface area contributed by atoms with Crippen molar-refractivity contribution < 1.29 is 9.41 Å². The Morgan fingerprint density at radius 2 is 1.76 bits per heavy atom. The highest BCUT2D eigenvalue weighted by atomic mass is 16.6. The molecule has 0 amide bonds. The highest BCUT2D eigenvalue weighted by Gasteiger charge is 2.18. The minimum absolute atomic E-state index is 0.0708. The van der Waals surface area contributed by atoms with Gasteiger partial charge < -0.3 is 4.48 Å². The van der Waals surface area contributed by atoms with Crippen LogP contribution in [0.2, 0.25) is 0 Å². The third-order valence-corrected chi connectivity index (χ3v) is 4.29. The number of aryl methyl sites for hydroxylation is 1. The van der Waals surface area contributed by atoms with Gasteiger partial charge in [-0.25, -0.2) is 4.79 Å². The largest absolute Gasteiger partial charge is 0.331 e. The van der Waals surface area contributed by atoms with Crippen LogP contribution in [-0.4, -0.2) is 39.2 Å². The summed E-state index contributed by atoms with van der Waals surface area (Å²) in [5, 5.41) is 10.7. The van der Waals surface area contributed by atoms with Crippen molar-refractivity contribution in [2.45, 2.75) is 20.0 Å². The number of aromatic nitrogens is 2. The minimum atomic E-state index is -0.418. The number of nitro benzene ring substituents is 1. The number of hydrogen-bond acceptors (Lipinski definition) is 4. The Kier molecular flexibility index (Phi) is 5.22. The van der Waals surface area contributed by atoms with E-state index >= 15 is 0 Å². The second-order valence-corrected chi connectivity index (χ2v) is 6.86. The van der Waals surface area contributed by atoms with Gasteiger partial charge in [0.25, 0.3) is 11.2 Å². The molecule has 1 heterocycles. The van der Waals surface area contributed by atoms with Gasteiger partial charge in [0.15, 0.2) is 0 Å². The first kappa shape index (κ1) is 18.6. The quantitative estimate of drug-likeness (QED) is 0.444. The fraction of sp³-hybridized carbons (Fsp3) is 0.412. The molecule has 0 saturated carbocycles. The lowest BCUT2D eigenvalue weighted by atomic mass is 10.2. The van der Waals surface area contributed by atoms with Crippen LogP contribution in [0.4, 0.5) is 5.69 Å². The van der Waals surface area contributed by atoms with Crippen molar-refractivity contribution >= 4 is 5.69 Å². The maximum absolute atomic E-state index is 12.2. The monoisotopic (exact) mass is 347 g/mol. The Morgan fingerprint density at radius 3 is 2.32 bits per heavy atom. The SMILES string of the molecule is Cc1cc(=O)n(C)c(=O)n1CC[N+](C)(C)Cc1ccc([N+](=O)[O-])cc1. The lowest BCUT2D eigenvalue weighted by Gasteiger charge is -2.30. The van der Waals surface area contributed by atoms with Crippen LogP contribution in [0, 0.1) is 17.0 Å². The van der Waals surface area contributed by atoms with Crippen LogP contribution in [0.15, 0.2) is 39.9 Å². The molecule has 0 fully saturated rings. The third kappa shape index (κ3) is 4.42. The average Bonchev–Trinajstić information content (AvgIpc) is 2.52. The molecule has 0 aliphatic heterocycles. The number of rotatable bonds is 6. The van der Waals surface area contributed by atoms with Crippen molar-refractivity contribution in [3.05, 3.63) is 72.5 Å². The van der Waals surface area contributed by atoms with E-state index in [1.54, 1.807) is 23.6 Å². The van der Waals surface area contributed by atoms with Gasteiger partial charge in [0, 0.05) is 36.5 Å². The second-order valence-electron chi connectivity index (χ2n) is 6.86. The van der Waals surface area contributed by atoms with E-state index in [9.17, 15) is 19.7 Å². The summed E-state index contributed by atoms with van der Waals surface area (Å²) < 4.78 is 3.30.